The van der Waals surface area contributed by atoms with Crippen molar-refractivity contribution in [2.24, 2.45) is 0 Å². The number of benzene rings is 6. The molecule has 0 radical (unpaired) electrons. The largest absolute Gasteiger partial charge is 0.399 e. The summed E-state index contributed by atoms with van der Waals surface area (Å²) in [5.41, 5.74) is 30.3. The molecular weight excluding hydrogens is 689 g/mol. The SMILES string of the molecule is CCCCCCCc1cc(Cc2ccc(Cc3ccc(Cc4ccc(N)cc4)cc3)c(CCCCCCC)c2)ccc1Cc1ccc(Cc2ccc(N)cc2)cc1. The van der Waals surface area contributed by atoms with Gasteiger partial charge < -0.3 is 11.5 Å². The molecule has 2 heteroatoms. The Balaban J connectivity index is 1.16. The number of anilines is 2. The number of unbranched alkanes of at least 4 members (excludes halogenated alkanes) is 8. The van der Waals surface area contributed by atoms with Gasteiger partial charge in [-0.1, -0.05) is 174 Å². The van der Waals surface area contributed by atoms with Gasteiger partial charge in [0.2, 0.25) is 0 Å². The molecule has 6 rings (SSSR count). The number of nitrogens with two attached hydrogens (primary N) is 2. The topological polar surface area (TPSA) is 52.0 Å². The van der Waals surface area contributed by atoms with Crippen LogP contribution in [0.4, 0.5) is 11.4 Å². The van der Waals surface area contributed by atoms with Crippen molar-refractivity contribution in [2.75, 3.05) is 11.5 Å². The molecule has 0 saturated heterocycles. The van der Waals surface area contributed by atoms with Crippen LogP contribution < -0.4 is 11.5 Å². The lowest BCUT2D eigenvalue weighted by molar-refractivity contribution is 0.630. The Morgan fingerprint density at radius 1 is 0.281 bits per heavy atom. The van der Waals surface area contributed by atoms with Gasteiger partial charge in [-0.2, -0.15) is 0 Å². The molecule has 2 nitrogen and oxygen atoms in total. The van der Waals surface area contributed by atoms with Crippen molar-refractivity contribution in [3.8, 4) is 0 Å². The molecule has 0 aromatic heterocycles. The van der Waals surface area contributed by atoms with Crippen LogP contribution in [0.2, 0.25) is 0 Å². The molecule has 0 fully saturated rings. The van der Waals surface area contributed by atoms with Gasteiger partial charge in [-0.25, -0.2) is 0 Å². The van der Waals surface area contributed by atoms with Crippen LogP contribution in [-0.2, 0) is 44.9 Å². The highest BCUT2D eigenvalue weighted by Crippen LogP contribution is 2.25. The molecule has 0 aliphatic heterocycles. The first-order valence-electron chi connectivity index (χ1n) is 22.0. The summed E-state index contributed by atoms with van der Waals surface area (Å²) < 4.78 is 0. The van der Waals surface area contributed by atoms with Crippen LogP contribution in [-0.4, -0.2) is 0 Å². The molecule has 4 N–H and O–H groups in total. The van der Waals surface area contributed by atoms with E-state index in [4.69, 9.17) is 11.5 Å². The van der Waals surface area contributed by atoms with E-state index in [-0.39, 0.29) is 0 Å². The minimum Gasteiger partial charge on any atom is -0.399 e. The van der Waals surface area contributed by atoms with Gasteiger partial charge in [-0.05, 0) is 149 Å². The Hall–Kier alpha value is -5.08. The second-order valence-electron chi connectivity index (χ2n) is 16.5. The maximum Gasteiger partial charge on any atom is 0.0314 e. The Bertz CT molecular complexity index is 1920. The standard InChI is InChI=1S/C55H66N2/c1-3-5-7-9-11-13-50-40-48(23-29-52(50)38-46-19-15-42(16-20-46)35-44-25-31-54(56)32-26-44)37-49-24-30-53(51(41-49)14-12-10-8-6-4-2)39-47-21-17-43(18-22-47)36-45-27-33-55(57)34-28-45/h15-34,40-41H,3-14,35-39,56-57H2,1-2H3. The smallest absolute Gasteiger partial charge is 0.0314 e. The molecule has 0 saturated carbocycles. The van der Waals surface area contributed by atoms with Crippen molar-refractivity contribution >= 4 is 11.4 Å². The minimum atomic E-state index is 0.817. The van der Waals surface area contributed by atoms with Gasteiger partial charge >= 0.3 is 0 Å². The first-order chi connectivity index (χ1) is 27.9. The molecule has 0 aliphatic rings. The van der Waals surface area contributed by atoms with E-state index in [2.05, 4.69) is 123 Å². The molecular formula is C55H66N2. The van der Waals surface area contributed by atoms with E-state index in [9.17, 15) is 0 Å². The van der Waals surface area contributed by atoms with Crippen molar-refractivity contribution in [3.05, 3.63) is 200 Å². The van der Waals surface area contributed by atoms with Crippen LogP contribution in [0.25, 0.3) is 0 Å². The van der Waals surface area contributed by atoms with Gasteiger partial charge in [-0.3, -0.25) is 0 Å². The average Bonchev–Trinajstić information content (AvgIpc) is 3.22. The van der Waals surface area contributed by atoms with Gasteiger partial charge in [0, 0.05) is 11.4 Å². The zero-order valence-corrected chi connectivity index (χ0v) is 34.9. The van der Waals surface area contributed by atoms with E-state index in [0.717, 1.165) is 56.3 Å². The number of nitrogen functional groups attached to an aromatic ring is 2. The Morgan fingerprint density at radius 2 is 0.561 bits per heavy atom. The predicted octanol–water partition coefficient (Wildman–Crippen LogP) is 13.8. The lowest BCUT2D eigenvalue weighted by atomic mass is 9.90. The third-order valence-corrected chi connectivity index (χ3v) is 11.7. The number of rotatable bonds is 22. The number of hydrogen-bond acceptors (Lipinski definition) is 2. The maximum atomic E-state index is 5.91. The summed E-state index contributed by atoms with van der Waals surface area (Å²) in [5.74, 6) is 0. The summed E-state index contributed by atoms with van der Waals surface area (Å²) in [6, 6.07) is 49.7. The first-order valence-corrected chi connectivity index (χ1v) is 22.0. The molecule has 0 spiro atoms. The minimum absolute atomic E-state index is 0.817. The molecule has 0 aliphatic carbocycles. The second-order valence-corrected chi connectivity index (χ2v) is 16.5. The van der Waals surface area contributed by atoms with Crippen molar-refractivity contribution in [2.45, 2.75) is 123 Å². The van der Waals surface area contributed by atoms with Crippen LogP contribution in [0.5, 0.6) is 0 Å². The average molecular weight is 755 g/mol. The van der Waals surface area contributed by atoms with Gasteiger partial charge in [-0.15, -0.1) is 0 Å². The fraction of sp³-hybridized carbons (Fsp3) is 0.345. The van der Waals surface area contributed by atoms with E-state index in [0.29, 0.717) is 0 Å². The lowest BCUT2D eigenvalue weighted by Crippen LogP contribution is -2.02. The van der Waals surface area contributed by atoms with Crippen molar-refractivity contribution in [3.63, 3.8) is 0 Å². The number of hydrogen-bond donors (Lipinski definition) is 2. The Labute approximate surface area is 344 Å². The molecule has 296 valence electrons. The third-order valence-electron chi connectivity index (χ3n) is 11.7. The molecule has 57 heavy (non-hydrogen) atoms. The quantitative estimate of drug-likeness (QED) is 0.0536. The maximum absolute atomic E-state index is 5.91. The van der Waals surface area contributed by atoms with Crippen LogP contribution in [0.3, 0.4) is 0 Å². The molecule has 0 atom stereocenters. The van der Waals surface area contributed by atoms with E-state index >= 15 is 0 Å². The molecule has 6 aromatic carbocycles. The highest BCUT2D eigenvalue weighted by Gasteiger charge is 2.11. The van der Waals surface area contributed by atoms with Gasteiger partial charge in [0.15, 0.2) is 0 Å². The summed E-state index contributed by atoms with van der Waals surface area (Å²) in [6.45, 7) is 4.60. The Morgan fingerprint density at radius 3 is 0.912 bits per heavy atom. The van der Waals surface area contributed by atoms with Crippen LogP contribution in [0.1, 0.15) is 145 Å². The molecule has 0 heterocycles. The van der Waals surface area contributed by atoms with E-state index in [1.165, 1.54) is 131 Å². The summed E-state index contributed by atoms with van der Waals surface area (Å²) in [4.78, 5) is 0. The Kier molecular flexibility index (Phi) is 16.0. The zero-order valence-electron chi connectivity index (χ0n) is 34.9. The van der Waals surface area contributed by atoms with Crippen molar-refractivity contribution < 1.29 is 0 Å². The van der Waals surface area contributed by atoms with E-state index in [1.807, 2.05) is 24.3 Å². The first kappa shape index (κ1) is 41.6. The molecule has 6 aromatic rings. The summed E-state index contributed by atoms with van der Waals surface area (Å²) in [5, 5.41) is 0. The predicted molar refractivity (Wildman–Crippen MR) is 246 cm³/mol. The highest BCUT2D eigenvalue weighted by atomic mass is 14.5. The lowest BCUT2D eigenvalue weighted by Gasteiger charge is -2.15. The number of aryl methyl sites for hydroxylation is 2. The van der Waals surface area contributed by atoms with Gasteiger partial charge in [0.05, 0.1) is 0 Å². The highest BCUT2D eigenvalue weighted by molar-refractivity contribution is 5.44. The van der Waals surface area contributed by atoms with E-state index in [1.54, 1.807) is 0 Å². The molecule has 0 amide bonds. The zero-order chi connectivity index (χ0) is 39.7. The summed E-state index contributed by atoms with van der Waals surface area (Å²) in [7, 11) is 0. The summed E-state index contributed by atoms with van der Waals surface area (Å²) in [6.07, 6.45) is 20.2. The molecule has 0 unspecified atom stereocenters. The monoisotopic (exact) mass is 755 g/mol. The van der Waals surface area contributed by atoms with Gasteiger partial charge in [0.1, 0.15) is 0 Å². The van der Waals surface area contributed by atoms with Crippen LogP contribution in [0.15, 0.2) is 133 Å². The molecule has 0 bridgehead atoms. The van der Waals surface area contributed by atoms with Crippen molar-refractivity contribution in [1.82, 2.24) is 0 Å². The van der Waals surface area contributed by atoms with Crippen LogP contribution >= 0.6 is 0 Å². The third kappa shape index (κ3) is 13.5. The second kappa shape index (κ2) is 22.0. The normalized spacial score (nSPS) is 11.3. The van der Waals surface area contributed by atoms with Crippen LogP contribution in [0, 0.1) is 0 Å². The fourth-order valence-electron chi connectivity index (χ4n) is 8.19. The van der Waals surface area contributed by atoms with E-state index < -0.39 is 0 Å². The summed E-state index contributed by atoms with van der Waals surface area (Å²) >= 11 is 0. The fourth-order valence-corrected chi connectivity index (χ4v) is 8.19. The van der Waals surface area contributed by atoms with Gasteiger partial charge in [0.25, 0.3) is 0 Å². The van der Waals surface area contributed by atoms with Crippen molar-refractivity contribution in [1.29, 1.82) is 0 Å².